The van der Waals surface area contributed by atoms with Crippen LogP contribution in [0.3, 0.4) is 0 Å². The van der Waals surface area contributed by atoms with Gasteiger partial charge in [0.05, 0.1) is 12.1 Å². The Hall–Kier alpha value is -1.60. The van der Waals surface area contributed by atoms with Crippen LogP contribution in [0.25, 0.3) is 0 Å². The van der Waals surface area contributed by atoms with Crippen molar-refractivity contribution in [2.75, 3.05) is 6.54 Å². The number of aliphatic hydroxyl groups is 1. The largest absolute Gasteiger partial charge is 0.480 e. The number of hydrogen-bond donors (Lipinski definition) is 3. The molecule has 7 heteroatoms. The Bertz CT molecular complexity index is 477. The molecule has 1 unspecified atom stereocenters. The molecule has 20 heavy (non-hydrogen) atoms. The lowest BCUT2D eigenvalue weighted by Gasteiger charge is -2.24. The summed E-state index contributed by atoms with van der Waals surface area (Å²) in [6, 6.07) is 2.33. The third-order valence-corrected chi connectivity index (χ3v) is 4.40. The average Bonchev–Trinajstić information content (AvgIpc) is 3.04. The van der Waals surface area contributed by atoms with Crippen LogP contribution in [0.4, 0.5) is 4.79 Å². The molecule has 1 fully saturated rings. The molecule has 110 valence electrons. The molecule has 1 aromatic heterocycles. The van der Waals surface area contributed by atoms with E-state index < -0.39 is 24.1 Å². The number of carboxylic acid groups (broad SMARTS) is 1. The lowest BCUT2D eigenvalue weighted by molar-refractivity contribution is -0.141. The number of urea groups is 1. The molecule has 3 N–H and O–H groups in total. The van der Waals surface area contributed by atoms with E-state index in [1.807, 2.05) is 24.4 Å². The van der Waals surface area contributed by atoms with Gasteiger partial charge in [-0.05, 0) is 17.9 Å². The quantitative estimate of drug-likeness (QED) is 0.784. The number of β-amino-alcohol motifs (C(OH)–C–C–N with tert-alkyl or cyclic N) is 1. The molecule has 2 rings (SSSR count). The van der Waals surface area contributed by atoms with Crippen LogP contribution in [0.2, 0.25) is 0 Å². The predicted octanol–water partition coefficient (Wildman–Crippen LogP) is 1.43. The number of aliphatic hydroxyl groups excluding tert-OH is 1. The van der Waals surface area contributed by atoms with E-state index >= 15 is 0 Å². The van der Waals surface area contributed by atoms with Crippen LogP contribution >= 0.6 is 11.3 Å². The molecule has 2 heterocycles. The molecule has 6 nitrogen and oxygen atoms in total. The highest BCUT2D eigenvalue weighted by Gasteiger charge is 2.39. The van der Waals surface area contributed by atoms with Crippen LogP contribution in [0.1, 0.15) is 30.7 Å². The third-order valence-electron chi connectivity index (χ3n) is 3.42. The number of rotatable bonds is 4. The number of aliphatic carboxylic acids is 1. The number of thiophene rings is 1. The van der Waals surface area contributed by atoms with Gasteiger partial charge in [0.25, 0.3) is 0 Å². The van der Waals surface area contributed by atoms with Crippen LogP contribution in [0, 0.1) is 0 Å². The van der Waals surface area contributed by atoms with Crippen LogP contribution in [0.5, 0.6) is 0 Å². The Balaban J connectivity index is 2.05. The van der Waals surface area contributed by atoms with Crippen molar-refractivity contribution >= 4 is 23.3 Å². The van der Waals surface area contributed by atoms with E-state index in [1.165, 1.54) is 4.90 Å². The van der Waals surface area contributed by atoms with Crippen LogP contribution in [-0.2, 0) is 4.79 Å². The van der Waals surface area contributed by atoms with Crippen molar-refractivity contribution < 1.29 is 19.8 Å². The topological polar surface area (TPSA) is 89.9 Å². The minimum atomic E-state index is -1.08. The van der Waals surface area contributed by atoms with Gasteiger partial charge in [0.15, 0.2) is 0 Å². The number of carboxylic acids is 1. The molecule has 1 aliphatic heterocycles. The summed E-state index contributed by atoms with van der Waals surface area (Å²) in [5.74, 6) is -1.08. The molecule has 0 saturated carbocycles. The average molecular weight is 298 g/mol. The molecule has 3 atom stereocenters. The summed E-state index contributed by atoms with van der Waals surface area (Å²) in [6.07, 6.45) is 0.0301. The maximum Gasteiger partial charge on any atom is 0.326 e. The van der Waals surface area contributed by atoms with Gasteiger partial charge in [-0.25, -0.2) is 9.59 Å². The number of nitrogens with one attached hydrogen (secondary N) is 1. The Morgan fingerprint density at radius 2 is 2.35 bits per heavy atom. The summed E-state index contributed by atoms with van der Waals surface area (Å²) in [5.41, 5.74) is 0. The first kappa shape index (κ1) is 14.8. The van der Waals surface area contributed by atoms with Gasteiger partial charge in [0.2, 0.25) is 0 Å². The molecule has 0 radical (unpaired) electrons. The fourth-order valence-corrected chi connectivity index (χ4v) is 3.23. The van der Waals surface area contributed by atoms with E-state index in [2.05, 4.69) is 5.32 Å². The Kier molecular flexibility index (Phi) is 4.61. The first-order valence-electron chi connectivity index (χ1n) is 6.54. The first-order valence-corrected chi connectivity index (χ1v) is 7.42. The van der Waals surface area contributed by atoms with Crippen LogP contribution < -0.4 is 5.32 Å². The maximum atomic E-state index is 12.2. The SMILES string of the molecule is CCC(NC(=O)N1C[C@H](O)C[C@H]1C(=O)O)c1cccs1. The zero-order valence-electron chi connectivity index (χ0n) is 11.2. The van der Waals surface area contributed by atoms with Crippen molar-refractivity contribution in [2.45, 2.75) is 38.0 Å². The summed E-state index contributed by atoms with van der Waals surface area (Å²) in [7, 11) is 0. The lowest BCUT2D eigenvalue weighted by Crippen LogP contribution is -2.47. The second kappa shape index (κ2) is 6.23. The van der Waals surface area contributed by atoms with Crippen molar-refractivity contribution in [3.63, 3.8) is 0 Å². The highest BCUT2D eigenvalue weighted by atomic mass is 32.1. The Morgan fingerprint density at radius 3 is 2.90 bits per heavy atom. The number of hydrogen-bond acceptors (Lipinski definition) is 4. The van der Waals surface area contributed by atoms with Gasteiger partial charge in [-0.2, -0.15) is 0 Å². The van der Waals surface area contributed by atoms with Gasteiger partial charge in [0.1, 0.15) is 6.04 Å². The van der Waals surface area contributed by atoms with Crippen molar-refractivity contribution in [3.8, 4) is 0 Å². The second-order valence-electron chi connectivity index (χ2n) is 4.82. The summed E-state index contributed by atoms with van der Waals surface area (Å²) >= 11 is 1.55. The molecule has 1 saturated heterocycles. The Labute approximate surface area is 121 Å². The molecular formula is C13H18N2O4S. The molecule has 0 aromatic carbocycles. The highest BCUT2D eigenvalue weighted by molar-refractivity contribution is 7.10. The van der Waals surface area contributed by atoms with Gasteiger partial charge in [-0.3, -0.25) is 0 Å². The monoisotopic (exact) mass is 298 g/mol. The van der Waals surface area contributed by atoms with Crippen LogP contribution in [-0.4, -0.2) is 45.8 Å². The predicted molar refractivity (Wildman–Crippen MR) is 74.6 cm³/mol. The summed E-state index contributed by atoms with van der Waals surface area (Å²) in [4.78, 5) is 25.6. The lowest BCUT2D eigenvalue weighted by atomic mass is 10.2. The summed E-state index contributed by atoms with van der Waals surface area (Å²) < 4.78 is 0. The molecule has 0 aliphatic carbocycles. The van der Waals surface area contributed by atoms with Crippen molar-refractivity contribution in [3.05, 3.63) is 22.4 Å². The second-order valence-corrected chi connectivity index (χ2v) is 5.80. The smallest absolute Gasteiger partial charge is 0.326 e. The number of likely N-dealkylation sites (tertiary alicyclic amines) is 1. The number of amides is 2. The molecule has 0 bridgehead atoms. The number of nitrogens with zero attached hydrogens (tertiary/aromatic N) is 1. The van der Waals surface area contributed by atoms with Gasteiger partial charge >= 0.3 is 12.0 Å². The number of carbonyl (C=O) groups is 2. The molecule has 1 aliphatic rings. The minimum absolute atomic E-state index is 0.0592. The van der Waals surface area contributed by atoms with E-state index in [1.54, 1.807) is 11.3 Å². The normalized spacial score (nSPS) is 23.6. The zero-order valence-corrected chi connectivity index (χ0v) is 12.0. The van der Waals surface area contributed by atoms with E-state index in [9.17, 15) is 14.7 Å². The summed E-state index contributed by atoms with van der Waals surface area (Å²) in [5, 5.41) is 23.4. The fraction of sp³-hybridized carbons (Fsp3) is 0.538. The standard InChI is InChI=1S/C13H18N2O4S/c1-2-9(11-4-3-5-20-11)14-13(19)15-7-8(16)6-10(15)12(17)18/h3-5,8-10,16H,2,6-7H2,1H3,(H,14,19)(H,17,18)/t8-,9?,10+/m1/s1. The van der Waals surface area contributed by atoms with Crippen LogP contribution in [0.15, 0.2) is 17.5 Å². The molecule has 2 amide bonds. The van der Waals surface area contributed by atoms with E-state index in [-0.39, 0.29) is 19.0 Å². The van der Waals surface area contributed by atoms with E-state index in [4.69, 9.17) is 5.11 Å². The zero-order chi connectivity index (χ0) is 14.7. The molecular weight excluding hydrogens is 280 g/mol. The molecule has 0 spiro atoms. The van der Waals surface area contributed by atoms with Crippen molar-refractivity contribution in [1.82, 2.24) is 10.2 Å². The van der Waals surface area contributed by atoms with Crippen molar-refractivity contribution in [2.24, 2.45) is 0 Å². The third kappa shape index (κ3) is 3.10. The van der Waals surface area contributed by atoms with Gasteiger partial charge < -0.3 is 20.4 Å². The number of carbonyl (C=O) groups excluding carboxylic acids is 1. The summed E-state index contributed by atoms with van der Waals surface area (Å²) in [6.45, 7) is 2.02. The molecule has 1 aromatic rings. The first-order chi connectivity index (χ1) is 9.52. The van der Waals surface area contributed by atoms with Crippen molar-refractivity contribution in [1.29, 1.82) is 0 Å². The highest BCUT2D eigenvalue weighted by Crippen LogP contribution is 2.24. The van der Waals surface area contributed by atoms with E-state index in [0.29, 0.717) is 0 Å². The maximum absolute atomic E-state index is 12.2. The Morgan fingerprint density at radius 1 is 1.60 bits per heavy atom. The minimum Gasteiger partial charge on any atom is -0.480 e. The fourth-order valence-electron chi connectivity index (χ4n) is 2.37. The van der Waals surface area contributed by atoms with E-state index in [0.717, 1.165) is 11.3 Å². The van der Waals surface area contributed by atoms with Gasteiger partial charge in [-0.1, -0.05) is 13.0 Å². The van der Waals surface area contributed by atoms with Gasteiger partial charge in [0, 0.05) is 17.8 Å². The van der Waals surface area contributed by atoms with Gasteiger partial charge in [-0.15, -0.1) is 11.3 Å².